The van der Waals surface area contributed by atoms with Crippen LogP contribution in [0, 0.1) is 11.3 Å². The Bertz CT molecular complexity index is 1120. The van der Waals surface area contributed by atoms with Crippen molar-refractivity contribution in [3.05, 3.63) is 80.4 Å². The summed E-state index contributed by atoms with van der Waals surface area (Å²) < 4.78 is 1.01. The van der Waals surface area contributed by atoms with Gasteiger partial charge in [0, 0.05) is 0 Å². The second kappa shape index (κ2) is 7.07. The largest absolute Gasteiger partial charge is 0.348 e. The van der Waals surface area contributed by atoms with Gasteiger partial charge in [-0.15, -0.1) is 0 Å². The molecule has 1 unspecified atom stereocenters. The van der Waals surface area contributed by atoms with Crippen molar-refractivity contribution in [2.75, 3.05) is 0 Å². The monoisotopic (exact) mass is 348 g/mol. The molecular formula is C19H16N4O3. The number of hydrogen-bond donors (Lipinski definition) is 2. The highest BCUT2D eigenvalue weighted by atomic mass is 16.2. The molecular weight excluding hydrogens is 332 g/mol. The zero-order valence-corrected chi connectivity index (χ0v) is 14.0. The minimum absolute atomic E-state index is 0.268. The third kappa shape index (κ3) is 3.39. The molecule has 0 spiro atoms. The lowest BCUT2D eigenvalue weighted by molar-refractivity contribution is -0.122. The molecule has 7 nitrogen and oxygen atoms in total. The zero-order chi connectivity index (χ0) is 18.7. The first kappa shape index (κ1) is 17.2. The third-order valence-electron chi connectivity index (χ3n) is 4.10. The summed E-state index contributed by atoms with van der Waals surface area (Å²) >= 11 is 0. The molecule has 0 bridgehead atoms. The summed E-state index contributed by atoms with van der Waals surface area (Å²) in [6.45, 7) is 1.50. The maximum Gasteiger partial charge on any atom is 0.273 e. The number of nitrogens with one attached hydrogen (secondary N) is 2. The summed E-state index contributed by atoms with van der Waals surface area (Å²) in [5.74, 6) is -0.408. The highest BCUT2D eigenvalue weighted by Crippen LogP contribution is 2.13. The molecule has 0 aliphatic rings. The Morgan fingerprint density at radius 3 is 2.46 bits per heavy atom. The predicted molar refractivity (Wildman–Crippen MR) is 96.5 cm³/mol. The van der Waals surface area contributed by atoms with Gasteiger partial charge in [0.15, 0.2) is 0 Å². The molecule has 3 aromatic rings. The van der Waals surface area contributed by atoms with E-state index in [1.165, 1.54) is 0 Å². The van der Waals surface area contributed by atoms with Crippen LogP contribution in [-0.4, -0.2) is 15.7 Å². The van der Waals surface area contributed by atoms with Crippen molar-refractivity contribution in [2.45, 2.75) is 19.5 Å². The van der Waals surface area contributed by atoms with E-state index in [2.05, 4.69) is 10.4 Å². The van der Waals surface area contributed by atoms with Gasteiger partial charge >= 0.3 is 0 Å². The smallest absolute Gasteiger partial charge is 0.273 e. The Labute approximate surface area is 148 Å². The topological polar surface area (TPSA) is 108 Å². The number of H-pyrrole nitrogens is 1. The SMILES string of the molecule is CC(NC(=O)Cn1[nH]c(=O)c2ccccc2c1=O)c1ccc(C#N)cc1. The first-order valence-electron chi connectivity index (χ1n) is 8.01. The number of fused-ring (bicyclic) bond motifs is 1. The molecule has 0 saturated carbocycles. The Morgan fingerprint density at radius 1 is 1.15 bits per heavy atom. The molecule has 0 saturated heterocycles. The zero-order valence-electron chi connectivity index (χ0n) is 14.0. The van der Waals surface area contributed by atoms with E-state index in [4.69, 9.17) is 5.26 Å². The maximum atomic E-state index is 12.4. The first-order chi connectivity index (χ1) is 12.5. The van der Waals surface area contributed by atoms with Crippen LogP contribution in [-0.2, 0) is 11.3 Å². The Morgan fingerprint density at radius 2 is 1.81 bits per heavy atom. The Balaban J connectivity index is 1.79. The number of hydrogen-bond acceptors (Lipinski definition) is 4. The van der Waals surface area contributed by atoms with E-state index >= 15 is 0 Å². The van der Waals surface area contributed by atoms with Gasteiger partial charge in [0.1, 0.15) is 6.54 Å². The van der Waals surface area contributed by atoms with Gasteiger partial charge in [0.05, 0.1) is 28.4 Å². The average Bonchev–Trinajstić information content (AvgIpc) is 2.66. The normalized spacial score (nSPS) is 11.7. The molecule has 1 amide bonds. The number of aromatic amines is 1. The van der Waals surface area contributed by atoms with E-state index in [1.807, 2.05) is 6.07 Å². The molecule has 7 heteroatoms. The minimum Gasteiger partial charge on any atom is -0.348 e. The second-order valence-electron chi connectivity index (χ2n) is 5.90. The quantitative estimate of drug-likeness (QED) is 0.744. The van der Waals surface area contributed by atoms with Crippen LogP contribution in [0.25, 0.3) is 10.8 Å². The van der Waals surface area contributed by atoms with Crippen LogP contribution < -0.4 is 16.4 Å². The molecule has 2 N–H and O–H groups in total. The highest BCUT2D eigenvalue weighted by molar-refractivity contribution is 5.81. The number of nitriles is 1. The highest BCUT2D eigenvalue weighted by Gasteiger charge is 2.13. The van der Waals surface area contributed by atoms with Gasteiger partial charge < -0.3 is 5.32 Å². The van der Waals surface area contributed by atoms with E-state index in [9.17, 15) is 14.4 Å². The lowest BCUT2D eigenvalue weighted by Crippen LogP contribution is -2.37. The van der Waals surface area contributed by atoms with Gasteiger partial charge in [-0.1, -0.05) is 24.3 Å². The summed E-state index contributed by atoms with van der Waals surface area (Å²) in [4.78, 5) is 36.8. The van der Waals surface area contributed by atoms with E-state index in [0.717, 1.165) is 10.2 Å². The number of nitrogens with zero attached hydrogens (tertiary/aromatic N) is 2. The fourth-order valence-electron chi connectivity index (χ4n) is 2.72. The van der Waals surface area contributed by atoms with Crippen molar-refractivity contribution in [2.24, 2.45) is 0 Å². The number of rotatable bonds is 4. The standard InChI is InChI=1S/C19H16N4O3/c1-12(14-8-6-13(10-20)7-9-14)21-17(24)11-23-19(26)16-5-3-2-4-15(16)18(25)22-23/h2-9,12H,11H2,1H3,(H,21,24)(H,22,25). The average molecular weight is 348 g/mol. The van der Waals surface area contributed by atoms with Gasteiger partial charge in [-0.3, -0.25) is 19.5 Å². The second-order valence-corrected chi connectivity index (χ2v) is 5.90. The summed E-state index contributed by atoms with van der Waals surface area (Å²) in [5, 5.41) is 14.6. The fourth-order valence-corrected chi connectivity index (χ4v) is 2.72. The molecule has 0 fully saturated rings. The van der Waals surface area contributed by atoms with E-state index in [0.29, 0.717) is 10.9 Å². The van der Waals surface area contributed by atoms with Gasteiger partial charge in [-0.2, -0.15) is 5.26 Å². The van der Waals surface area contributed by atoms with Gasteiger partial charge in [-0.05, 0) is 36.8 Å². The van der Waals surface area contributed by atoms with Crippen LogP contribution in [0.15, 0.2) is 58.1 Å². The predicted octanol–water partition coefficient (Wildman–Crippen LogP) is 1.44. The van der Waals surface area contributed by atoms with Crippen molar-refractivity contribution in [1.82, 2.24) is 15.1 Å². The van der Waals surface area contributed by atoms with Crippen molar-refractivity contribution < 1.29 is 4.79 Å². The number of carbonyl (C=O) groups excluding carboxylic acids is 1. The lowest BCUT2D eigenvalue weighted by Gasteiger charge is -2.15. The van der Waals surface area contributed by atoms with Crippen LogP contribution in [0.5, 0.6) is 0 Å². The van der Waals surface area contributed by atoms with Crippen LogP contribution in [0.1, 0.15) is 24.1 Å². The van der Waals surface area contributed by atoms with Gasteiger partial charge in [0.2, 0.25) is 5.91 Å². The lowest BCUT2D eigenvalue weighted by atomic mass is 10.1. The molecule has 0 aliphatic heterocycles. The van der Waals surface area contributed by atoms with Gasteiger partial charge in [-0.25, -0.2) is 4.68 Å². The summed E-state index contributed by atoms with van der Waals surface area (Å²) in [7, 11) is 0. The number of benzene rings is 2. The van der Waals surface area contributed by atoms with Crippen molar-refractivity contribution in [3.8, 4) is 6.07 Å². The van der Waals surface area contributed by atoms with Crippen molar-refractivity contribution >= 4 is 16.7 Å². The van der Waals surface area contributed by atoms with Gasteiger partial charge in [0.25, 0.3) is 11.1 Å². The summed E-state index contributed by atoms with van der Waals surface area (Å²) in [5.41, 5.74) is 0.513. The third-order valence-corrected chi connectivity index (χ3v) is 4.10. The van der Waals surface area contributed by atoms with E-state index in [1.54, 1.807) is 55.5 Å². The van der Waals surface area contributed by atoms with Crippen molar-refractivity contribution in [1.29, 1.82) is 5.26 Å². The maximum absolute atomic E-state index is 12.4. The van der Waals surface area contributed by atoms with Crippen LogP contribution in [0.2, 0.25) is 0 Å². The fraction of sp³-hybridized carbons (Fsp3) is 0.158. The molecule has 2 aromatic carbocycles. The Kier molecular flexibility index (Phi) is 4.67. The molecule has 0 radical (unpaired) electrons. The van der Waals surface area contributed by atoms with Crippen LogP contribution in [0.3, 0.4) is 0 Å². The number of aromatic nitrogens is 2. The van der Waals surface area contributed by atoms with Crippen LogP contribution >= 0.6 is 0 Å². The number of carbonyl (C=O) groups is 1. The molecule has 1 aromatic heterocycles. The van der Waals surface area contributed by atoms with Crippen LogP contribution in [0.4, 0.5) is 0 Å². The molecule has 1 atom stereocenters. The molecule has 0 aliphatic carbocycles. The Hall–Kier alpha value is -3.66. The number of amides is 1. The molecule has 130 valence electrons. The molecule has 1 heterocycles. The van der Waals surface area contributed by atoms with E-state index < -0.39 is 17.0 Å². The minimum atomic E-state index is -0.429. The summed E-state index contributed by atoms with van der Waals surface area (Å²) in [6.07, 6.45) is 0. The molecule has 3 rings (SSSR count). The van der Waals surface area contributed by atoms with Crippen molar-refractivity contribution in [3.63, 3.8) is 0 Å². The van der Waals surface area contributed by atoms with E-state index in [-0.39, 0.29) is 18.0 Å². The first-order valence-corrected chi connectivity index (χ1v) is 8.01. The summed E-state index contributed by atoms with van der Waals surface area (Å²) in [6, 6.07) is 15.0. The molecule has 26 heavy (non-hydrogen) atoms.